The Labute approximate surface area is 123 Å². The van der Waals surface area contributed by atoms with E-state index in [-0.39, 0.29) is 12.0 Å². The molecule has 2 rings (SSSR count). The van der Waals surface area contributed by atoms with Gasteiger partial charge in [-0.1, -0.05) is 20.8 Å². The summed E-state index contributed by atoms with van der Waals surface area (Å²) in [7, 11) is 0. The van der Waals surface area contributed by atoms with E-state index in [0.717, 1.165) is 16.2 Å². The van der Waals surface area contributed by atoms with Crippen molar-refractivity contribution in [2.24, 2.45) is 0 Å². The van der Waals surface area contributed by atoms with Crippen LogP contribution in [0.2, 0.25) is 0 Å². The second kappa shape index (κ2) is 5.75. The number of halogens is 1. The summed E-state index contributed by atoms with van der Waals surface area (Å²) in [5, 5.41) is 9.27. The maximum absolute atomic E-state index is 9.27. The maximum Gasteiger partial charge on any atom is 0.137 e. The summed E-state index contributed by atoms with van der Waals surface area (Å²) < 4.78 is 0.810. The zero-order valence-corrected chi connectivity index (χ0v) is 13.4. The van der Waals surface area contributed by atoms with Gasteiger partial charge in [0, 0.05) is 24.1 Å². The minimum atomic E-state index is -0.0803. The van der Waals surface area contributed by atoms with Gasteiger partial charge in [0.25, 0.3) is 0 Å². The van der Waals surface area contributed by atoms with Gasteiger partial charge < -0.3 is 10.0 Å². The van der Waals surface area contributed by atoms with Crippen LogP contribution in [0, 0.1) is 0 Å². The summed E-state index contributed by atoms with van der Waals surface area (Å²) in [4.78, 5) is 11.4. The predicted octanol–water partition coefficient (Wildman–Crippen LogP) is 2.89. The van der Waals surface area contributed by atoms with Crippen molar-refractivity contribution >= 4 is 21.7 Å². The lowest BCUT2D eigenvalue weighted by Crippen LogP contribution is -2.42. The first-order chi connectivity index (χ1) is 8.91. The van der Waals surface area contributed by atoms with E-state index in [4.69, 9.17) is 4.98 Å². The lowest BCUT2D eigenvalue weighted by atomic mass is 9.91. The minimum absolute atomic E-state index is 0.0803. The molecule has 1 aliphatic carbocycles. The third kappa shape index (κ3) is 3.45. The lowest BCUT2D eigenvalue weighted by molar-refractivity contribution is 0.282. The molecule has 0 radical (unpaired) electrons. The minimum Gasteiger partial charge on any atom is -0.395 e. The van der Waals surface area contributed by atoms with Gasteiger partial charge in [0.15, 0.2) is 0 Å². The van der Waals surface area contributed by atoms with E-state index in [1.807, 2.05) is 6.07 Å². The van der Waals surface area contributed by atoms with Crippen LogP contribution in [0.5, 0.6) is 0 Å². The van der Waals surface area contributed by atoms with E-state index in [1.54, 1.807) is 0 Å². The lowest BCUT2D eigenvalue weighted by Gasteiger charge is -2.38. The number of aliphatic hydroxyl groups excluding tert-OH is 1. The summed E-state index contributed by atoms with van der Waals surface area (Å²) >= 11 is 3.47. The van der Waals surface area contributed by atoms with Gasteiger partial charge >= 0.3 is 0 Å². The Morgan fingerprint density at radius 1 is 1.37 bits per heavy atom. The van der Waals surface area contributed by atoms with Crippen LogP contribution in [0.15, 0.2) is 10.7 Å². The third-order valence-corrected chi connectivity index (χ3v) is 3.91. The summed E-state index contributed by atoms with van der Waals surface area (Å²) in [6, 6.07) is 2.46. The van der Waals surface area contributed by atoms with Crippen molar-refractivity contribution in [1.29, 1.82) is 0 Å². The fraction of sp³-hybridized carbons (Fsp3) is 0.714. The summed E-state index contributed by atoms with van der Waals surface area (Å²) in [5.74, 6) is 1.75. The van der Waals surface area contributed by atoms with Crippen molar-refractivity contribution in [2.75, 3.05) is 18.1 Å². The molecular weight excluding hydrogens is 306 g/mol. The first kappa shape index (κ1) is 14.7. The van der Waals surface area contributed by atoms with Gasteiger partial charge in [0.1, 0.15) is 16.2 Å². The van der Waals surface area contributed by atoms with Crippen molar-refractivity contribution in [3.63, 3.8) is 0 Å². The molecule has 0 spiro atoms. The van der Waals surface area contributed by atoms with Crippen LogP contribution in [-0.4, -0.2) is 34.3 Å². The molecule has 1 heterocycles. The Balaban J connectivity index is 2.33. The average molecular weight is 328 g/mol. The van der Waals surface area contributed by atoms with E-state index in [0.29, 0.717) is 12.6 Å². The number of anilines is 1. The van der Waals surface area contributed by atoms with Crippen LogP contribution in [0.3, 0.4) is 0 Å². The topological polar surface area (TPSA) is 49.2 Å². The quantitative estimate of drug-likeness (QED) is 0.864. The standard InChI is InChI=1S/C14H22BrN3O/c1-14(2,3)13-16-11(15)9-12(17-13)18(7-8-19)10-5-4-6-10/h9-10,19H,4-8H2,1-3H3. The molecule has 5 heteroatoms. The molecular formula is C14H22BrN3O. The molecule has 0 unspecified atom stereocenters. The number of rotatable bonds is 4. The highest BCUT2D eigenvalue weighted by molar-refractivity contribution is 9.10. The monoisotopic (exact) mass is 327 g/mol. The number of aromatic nitrogens is 2. The zero-order valence-electron chi connectivity index (χ0n) is 11.9. The Kier molecular flexibility index (Phi) is 4.46. The molecule has 0 amide bonds. The Hall–Kier alpha value is -0.680. The van der Waals surface area contributed by atoms with Crippen molar-refractivity contribution in [2.45, 2.75) is 51.5 Å². The van der Waals surface area contributed by atoms with Gasteiger partial charge in [-0.3, -0.25) is 0 Å². The highest BCUT2D eigenvalue weighted by Gasteiger charge is 2.27. The maximum atomic E-state index is 9.27. The SMILES string of the molecule is CC(C)(C)c1nc(Br)cc(N(CCO)C2CCC2)n1. The molecule has 19 heavy (non-hydrogen) atoms. The van der Waals surface area contributed by atoms with Crippen LogP contribution in [0.4, 0.5) is 5.82 Å². The molecule has 1 N–H and O–H groups in total. The number of hydrogen-bond acceptors (Lipinski definition) is 4. The van der Waals surface area contributed by atoms with Gasteiger partial charge in [0.05, 0.1) is 6.61 Å². The van der Waals surface area contributed by atoms with Gasteiger partial charge in [-0.2, -0.15) is 0 Å². The summed E-state index contributed by atoms with van der Waals surface area (Å²) in [6.07, 6.45) is 3.64. The Bertz CT molecular complexity index is 441. The van der Waals surface area contributed by atoms with E-state index in [9.17, 15) is 5.11 Å². The molecule has 0 aromatic carbocycles. The van der Waals surface area contributed by atoms with E-state index < -0.39 is 0 Å². The molecule has 0 bridgehead atoms. The van der Waals surface area contributed by atoms with Gasteiger partial charge in [-0.25, -0.2) is 9.97 Å². The average Bonchev–Trinajstić information content (AvgIpc) is 2.24. The second-order valence-corrected chi connectivity index (χ2v) is 6.94. The van der Waals surface area contributed by atoms with Crippen LogP contribution >= 0.6 is 15.9 Å². The highest BCUT2D eigenvalue weighted by Crippen LogP contribution is 2.30. The first-order valence-corrected chi connectivity index (χ1v) is 7.63. The fourth-order valence-corrected chi connectivity index (χ4v) is 2.55. The molecule has 106 valence electrons. The van der Waals surface area contributed by atoms with Gasteiger partial charge in [0.2, 0.25) is 0 Å². The number of nitrogens with zero attached hydrogens (tertiary/aromatic N) is 3. The molecule has 1 aliphatic rings. The molecule has 1 aromatic heterocycles. The van der Waals surface area contributed by atoms with E-state index in [1.165, 1.54) is 19.3 Å². The summed E-state index contributed by atoms with van der Waals surface area (Å²) in [6.45, 7) is 7.12. The third-order valence-electron chi connectivity index (χ3n) is 3.50. The Morgan fingerprint density at radius 2 is 2.05 bits per heavy atom. The highest BCUT2D eigenvalue weighted by atomic mass is 79.9. The molecule has 0 atom stereocenters. The van der Waals surface area contributed by atoms with Crippen LogP contribution in [-0.2, 0) is 5.41 Å². The molecule has 1 saturated carbocycles. The van der Waals surface area contributed by atoms with Crippen molar-refractivity contribution in [3.05, 3.63) is 16.5 Å². The van der Waals surface area contributed by atoms with Crippen LogP contribution < -0.4 is 4.90 Å². The fourth-order valence-electron chi connectivity index (χ4n) is 2.18. The predicted molar refractivity (Wildman–Crippen MR) is 80.5 cm³/mol. The number of hydrogen-bond donors (Lipinski definition) is 1. The van der Waals surface area contributed by atoms with E-state index in [2.05, 4.69) is 46.6 Å². The first-order valence-electron chi connectivity index (χ1n) is 6.84. The largest absolute Gasteiger partial charge is 0.395 e. The zero-order chi connectivity index (χ0) is 14.0. The van der Waals surface area contributed by atoms with Crippen molar-refractivity contribution in [1.82, 2.24) is 9.97 Å². The van der Waals surface area contributed by atoms with Crippen molar-refractivity contribution in [3.8, 4) is 0 Å². The van der Waals surface area contributed by atoms with Gasteiger partial charge in [-0.15, -0.1) is 0 Å². The van der Waals surface area contributed by atoms with Gasteiger partial charge in [-0.05, 0) is 35.2 Å². The van der Waals surface area contributed by atoms with Crippen LogP contribution in [0.1, 0.15) is 45.9 Å². The van der Waals surface area contributed by atoms with Crippen LogP contribution in [0.25, 0.3) is 0 Å². The molecule has 4 nitrogen and oxygen atoms in total. The molecule has 1 fully saturated rings. The van der Waals surface area contributed by atoms with Crippen molar-refractivity contribution < 1.29 is 5.11 Å². The smallest absolute Gasteiger partial charge is 0.137 e. The Morgan fingerprint density at radius 3 is 2.53 bits per heavy atom. The normalized spacial score (nSPS) is 16.3. The molecule has 0 saturated heterocycles. The second-order valence-electron chi connectivity index (χ2n) is 6.12. The molecule has 0 aliphatic heterocycles. The number of aliphatic hydroxyl groups is 1. The summed E-state index contributed by atoms with van der Waals surface area (Å²) in [5.41, 5.74) is -0.0803. The molecule has 1 aromatic rings. The van der Waals surface area contributed by atoms with E-state index >= 15 is 0 Å².